The van der Waals surface area contributed by atoms with Crippen molar-refractivity contribution in [2.24, 2.45) is 29.6 Å². The van der Waals surface area contributed by atoms with E-state index in [2.05, 4.69) is 11.7 Å². The van der Waals surface area contributed by atoms with Crippen LogP contribution in [0.1, 0.15) is 101 Å². The summed E-state index contributed by atoms with van der Waals surface area (Å²) in [5, 5.41) is 0. The molecular formula is C27H38F4O. The fraction of sp³-hybridized carbons (Fsp3) is 0.778. The highest BCUT2D eigenvalue weighted by atomic mass is 19.4. The Hall–Kier alpha value is -1.10. The zero-order valence-corrected chi connectivity index (χ0v) is 19.3. The van der Waals surface area contributed by atoms with Gasteiger partial charge in [0.1, 0.15) is 5.82 Å². The van der Waals surface area contributed by atoms with Crippen LogP contribution in [0.25, 0.3) is 0 Å². The largest absolute Gasteiger partial charge is 0.523 e. The van der Waals surface area contributed by atoms with E-state index in [0.29, 0.717) is 24.3 Å². The second-order valence-electron chi connectivity index (χ2n) is 10.7. The first-order valence-electron chi connectivity index (χ1n) is 12.9. The Morgan fingerprint density at radius 3 is 2.44 bits per heavy atom. The van der Waals surface area contributed by atoms with Gasteiger partial charge in [-0.3, -0.25) is 4.74 Å². The van der Waals surface area contributed by atoms with E-state index in [0.717, 1.165) is 36.7 Å². The Morgan fingerprint density at radius 2 is 1.66 bits per heavy atom. The van der Waals surface area contributed by atoms with Crippen LogP contribution in [0.15, 0.2) is 18.2 Å². The molecule has 0 spiro atoms. The molecule has 0 heterocycles. The standard InChI is InChI=1S/C27H38F4O/c1-2-3-4-5-6-18-7-8-21-16-22(10-9-20(21)15-18)24-14-12-19-11-13-23(28)17-25(19)26(24)32-27(29,30)31/h11,13,17-18,20-22,24,26H,2-10,12,14-16H2,1H3. The van der Waals surface area contributed by atoms with Crippen LogP contribution in [0, 0.1) is 35.4 Å². The van der Waals surface area contributed by atoms with E-state index in [4.69, 9.17) is 0 Å². The van der Waals surface area contributed by atoms with Gasteiger partial charge in [0.15, 0.2) is 0 Å². The van der Waals surface area contributed by atoms with Gasteiger partial charge < -0.3 is 0 Å². The molecule has 0 aliphatic heterocycles. The maximum Gasteiger partial charge on any atom is 0.523 e. The number of benzene rings is 1. The summed E-state index contributed by atoms with van der Waals surface area (Å²) < 4.78 is 58.6. The van der Waals surface area contributed by atoms with Crippen LogP contribution in [0.3, 0.4) is 0 Å². The van der Waals surface area contributed by atoms with Gasteiger partial charge in [0.2, 0.25) is 0 Å². The minimum Gasteiger partial charge on any atom is -0.283 e. The van der Waals surface area contributed by atoms with Gasteiger partial charge in [-0.2, -0.15) is 0 Å². The molecule has 0 aromatic heterocycles. The highest BCUT2D eigenvalue weighted by Gasteiger charge is 2.45. The Labute approximate surface area is 190 Å². The van der Waals surface area contributed by atoms with Gasteiger partial charge >= 0.3 is 6.36 Å². The van der Waals surface area contributed by atoms with Crippen molar-refractivity contribution >= 4 is 0 Å². The number of hydrogen-bond donors (Lipinski definition) is 0. The summed E-state index contributed by atoms with van der Waals surface area (Å²) in [7, 11) is 0. The van der Waals surface area contributed by atoms with Gasteiger partial charge in [-0.05, 0) is 97.8 Å². The SMILES string of the molecule is CCCCCCC1CCC2CC(C3CCc4ccc(F)cc4C3OC(F)(F)F)CCC2C1. The van der Waals surface area contributed by atoms with E-state index in [-0.39, 0.29) is 11.8 Å². The molecule has 0 bridgehead atoms. The van der Waals surface area contributed by atoms with Crippen molar-refractivity contribution in [1.82, 2.24) is 0 Å². The molecule has 180 valence electrons. The average molecular weight is 455 g/mol. The van der Waals surface area contributed by atoms with E-state index in [1.165, 1.54) is 63.5 Å². The molecule has 1 nitrogen and oxygen atoms in total. The lowest BCUT2D eigenvalue weighted by Gasteiger charge is -2.46. The van der Waals surface area contributed by atoms with E-state index >= 15 is 0 Å². The third-order valence-electron chi connectivity index (χ3n) is 8.64. The smallest absolute Gasteiger partial charge is 0.283 e. The molecule has 5 heteroatoms. The zero-order chi connectivity index (χ0) is 22.7. The number of hydrogen-bond acceptors (Lipinski definition) is 1. The molecule has 2 saturated carbocycles. The third kappa shape index (κ3) is 5.87. The molecule has 0 amide bonds. The van der Waals surface area contributed by atoms with Gasteiger partial charge in [0.25, 0.3) is 0 Å². The van der Waals surface area contributed by atoms with Crippen molar-refractivity contribution in [2.75, 3.05) is 0 Å². The number of halogens is 4. The second kappa shape index (κ2) is 10.4. The van der Waals surface area contributed by atoms with E-state index < -0.39 is 18.3 Å². The lowest BCUT2D eigenvalue weighted by Crippen LogP contribution is -2.38. The average Bonchev–Trinajstić information content (AvgIpc) is 2.76. The molecule has 1 aromatic carbocycles. The Morgan fingerprint density at radius 1 is 0.906 bits per heavy atom. The van der Waals surface area contributed by atoms with E-state index in [1.54, 1.807) is 6.07 Å². The lowest BCUT2D eigenvalue weighted by atomic mass is 9.60. The molecule has 0 radical (unpaired) electrons. The molecule has 6 unspecified atom stereocenters. The highest BCUT2D eigenvalue weighted by Crippen LogP contribution is 2.52. The summed E-state index contributed by atoms with van der Waals surface area (Å²) in [6.07, 6.45) is 9.19. The van der Waals surface area contributed by atoms with E-state index in [1.807, 2.05) is 0 Å². The molecule has 3 aliphatic carbocycles. The van der Waals surface area contributed by atoms with Crippen LogP contribution in [0.5, 0.6) is 0 Å². The molecule has 1 aromatic rings. The lowest BCUT2D eigenvalue weighted by molar-refractivity contribution is -0.354. The molecule has 4 rings (SSSR count). The minimum atomic E-state index is -4.71. The number of unbranched alkanes of at least 4 members (excludes halogenated alkanes) is 3. The van der Waals surface area contributed by atoms with Crippen molar-refractivity contribution in [3.05, 3.63) is 35.1 Å². The van der Waals surface area contributed by atoms with Gasteiger partial charge in [-0.1, -0.05) is 51.5 Å². The fourth-order valence-corrected chi connectivity index (χ4v) is 7.07. The first-order valence-corrected chi connectivity index (χ1v) is 12.9. The molecule has 6 atom stereocenters. The summed E-state index contributed by atoms with van der Waals surface area (Å²) in [5.74, 6) is 1.80. The van der Waals surface area contributed by atoms with Crippen LogP contribution < -0.4 is 0 Å². The quantitative estimate of drug-likeness (QED) is 0.295. The minimum absolute atomic E-state index is 0.182. The number of ether oxygens (including phenoxy) is 1. The fourth-order valence-electron chi connectivity index (χ4n) is 7.07. The monoisotopic (exact) mass is 454 g/mol. The Balaban J connectivity index is 1.41. The van der Waals surface area contributed by atoms with Crippen molar-refractivity contribution in [3.63, 3.8) is 0 Å². The number of aryl methyl sites for hydroxylation is 1. The van der Waals surface area contributed by atoms with E-state index in [9.17, 15) is 17.6 Å². The Kier molecular flexibility index (Phi) is 7.85. The normalized spacial score (nSPS) is 32.9. The molecule has 32 heavy (non-hydrogen) atoms. The summed E-state index contributed by atoms with van der Waals surface area (Å²) >= 11 is 0. The first kappa shape index (κ1) is 24.0. The maximum atomic E-state index is 13.9. The van der Waals surface area contributed by atoms with Crippen LogP contribution in [-0.4, -0.2) is 6.36 Å². The Bertz CT molecular complexity index is 746. The maximum absolute atomic E-state index is 13.9. The van der Waals surface area contributed by atoms with Gasteiger partial charge in [0, 0.05) is 0 Å². The van der Waals surface area contributed by atoms with Crippen LogP contribution >= 0.6 is 0 Å². The van der Waals surface area contributed by atoms with Crippen LogP contribution in [-0.2, 0) is 11.2 Å². The topological polar surface area (TPSA) is 9.23 Å². The number of fused-ring (bicyclic) bond motifs is 2. The highest BCUT2D eigenvalue weighted by molar-refractivity contribution is 5.33. The first-order chi connectivity index (χ1) is 15.3. The van der Waals surface area contributed by atoms with Crippen molar-refractivity contribution in [2.45, 2.75) is 103 Å². The van der Waals surface area contributed by atoms with Gasteiger partial charge in [0.05, 0.1) is 6.10 Å². The van der Waals surface area contributed by atoms with Gasteiger partial charge in [-0.25, -0.2) is 4.39 Å². The number of alkyl halides is 3. The van der Waals surface area contributed by atoms with Crippen molar-refractivity contribution in [1.29, 1.82) is 0 Å². The predicted molar refractivity (Wildman–Crippen MR) is 119 cm³/mol. The predicted octanol–water partition coefficient (Wildman–Crippen LogP) is 8.77. The summed E-state index contributed by atoms with van der Waals surface area (Å²) in [6, 6.07) is 4.25. The van der Waals surface area contributed by atoms with Crippen LogP contribution in [0.4, 0.5) is 17.6 Å². The summed E-state index contributed by atoms with van der Waals surface area (Å²) in [4.78, 5) is 0. The van der Waals surface area contributed by atoms with Crippen LogP contribution in [0.2, 0.25) is 0 Å². The van der Waals surface area contributed by atoms with Gasteiger partial charge in [-0.15, -0.1) is 13.2 Å². The summed E-state index contributed by atoms with van der Waals surface area (Å²) in [5.41, 5.74) is 1.21. The molecule has 0 N–H and O–H groups in total. The molecular weight excluding hydrogens is 416 g/mol. The molecule has 0 saturated heterocycles. The third-order valence-corrected chi connectivity index (χ3v) is 8.64. The molecule has 2 fully saturated rings. The van der Waals surface area contributed by atoms with Crippen molar-refractivity contribution in [3.8, 4) is 0 Å². The summed E-state index contributed by atoms with van der Waals surface area (Å²) in [6.45, 7) is 2.25. The van der Waals surface area contributed by atoms with Crippen molar-refractivity contribution < 1.29 is 22.3 Å². The molecule has 3 aliphatic rings. The number of rotatable bonds is 7. The second-order valence-corrected chi connectivity index (χ2v) is 10.7. The zero-order valence-electron chi connectivity index (χ0n) is 19.3.